The van der Waals surface area contributed by atoms with Gasteiger partial charge in [0.1, 0.15) is 31.5 Å². The first kappa shape index (κ1) is 51.9. The highest BCUT2D eigenvalue weighted by molar-refractivity contribution is 6.09. The summed E-state index contributed by atoms with van der Waals surface area (Å²) in [5, 5.41) is 28.3. The molecule has 1 fully saturated rings. The standard InChI is InChI=1S/C56H62N10O8/c1-6-26-58-48(67)16-12-17-49(68)62-35-19-25-44(61-33-35)52-41-13-8-7-9-15-45(51(41)53(64-63-52)43-14-10-11-27-57-43)74-56(72)60-29-28-59-54(69)34-18-22-38(42(30-34)55(70)71)50-39-23-20-36(65(2)3)31-46(39)73-47-32-37(66(4)5)21-24-40(47)50/h10-11,14,18-25,27,30-33,41,45,59H,6-9,12-13,15-17,26,28-29H2,1-5H3,(H4,58,60,67,69,70,71,72)/p+1. The molecule has 0 radical (unpaired) electrons. The Bertz CT molecular complexity index is 3160. The van der Waals surface area contributed by atoms with Crippen LogP contribution in [0.1, 0.15) is 96.8 Å². The Kier molecular flexibility index (Phi) is 16.8. The molecule has 1 saturated carbocycles. The van der Waals surface area contributed by atoms with Gasteiger partial charge in [0.25, 0.3) is 5.91 Å². The molecule has 4 aliphatic rings. The molecule has 2 aromatic heterocycles. The minimum atomic E-state index is -1.20. The number of hydrazone groups is 1. The van der Waals surface area contributed by atoms with E-state index in [2.05, 4.69) is 31.7 Å². The number of anilines is 2. The van der Waals surface area contributed by atoms with Gasteiger partial charge in [-0.05, 0) is 92.3 Å². The van der Waals surface area contributed by atoms with Gasteiger partial charge >= 0.3 is 12.1 Å². The molecule has 8 rings (SSSR count). The molecule has 4 aromatic rings. The summed E-state index contributed by atoms with van der Waals surface area (Å²) < 4.78 is 14.6. The third-order valence-electron chi connectivity index (χ3n) is 13.1. The Labute approximate surface area is 429 Å². The number of nitrogens with zero attached hydrogens (tertiary/aromatic N) is 5. The Balaban J connectivity index is 0.946. The predicted molar refractivity (Wildman–Crippen MR) is 285 cm³/mol. The lowest BCUT2D eigenvalue weighted by molar-refractivity contribution is -0.121. The number of fused-ring (bicyclic) bond motifs is 3. The van der Waals surface area contributed by atoms with Crippen LogP contribution in [0, 0.1) is 5.92 Å². The Hall–Kier alpha value is -8.41. The normalized spacial score (nSPS) is 15.4. The van der Waals surface area contributed by atoms with E-state index in [0.717, 1.165) is 53.3 Å². The van der Waals surface area contributed by atoms with Crippen LogP contribution in [-0.4, -0.2) is 104 Å². The first-order valence-corrected chi connectivity index (χ1v) is 25.1. The summed E-state index contributed by atoms with van der Waals surface area (Å²) in [7, 11) is 7.73. The van der Waals surface area contributed by atoms with E-state index in [9.17, 15) is 29.1 Å². The van der Waals surface area contributed by atoms with E-state index >= 15 is 0 Å². The summed E-state index contributed by atoms with van der Waals surface area (Å²) >= 11 is 0. The van der Waals surface area contributed by atoms with E-state index in [0.29, 0.717) is 76.8 Å². The van der Waals surface area contributed by atoms with Crippen LogP contribution in [0.25, 0.3) is 39.1 Å². The van der Waals surface area contributed by atoms with Crippen LogP contribution in [0.3, 0.4) is 0 Å². The fourth-order valence-corrected chi connectivity index (χ4v) is 9.36. The fourth-order valence-electron chi connectivity index (χ4n) is 9.36. The molecular weight excluding hydrogens is 941 g/mol. The smallest absolute Gasteiger partial charge is 0.407 e. The average molecular weight is 1000 g/mol. The predicted octanol–water partition coefficient (Wildman–Crippen LogP) is 7.25. The number of hydrogen-bond donors (Lipinski definition) is 6. The maximum atomic E-state index is 13.7. The van der Waals surface area contributed by atoms with Gasteiger partial charge in [-0.2, -0.15) is 5.10 Å². The number of amides is 4. The number of aromatic carboxylic acids is 1. The summed E-state index contributed by atoms with van der Waals surface area (Å²) in [5.41, 5.74) is 10.5. The second-order valence-corrected chi connectivity index (χ2v) is 18.8. The van der Waals surface area contributed by atoms with Crippen LogP contribution in [0.2, 0.25) is 0 Å². The maximum Gasteiger partial charge on any atom is 0.407 e. The zero-order valence-electron chi connectivity index (χ0n) is 42.4. The van der Waals surface area contributed by atoms with Gasteiger partial charge in [-0.1, -0.05) is 31.9 Å². The molecule has 2 aromatic carbocycles. The monoisotopic (exact) mass is 1000 g/mol. The zero-order chi connectivity index (χ0) is 52.3. The second kappa shape index (κ2) is 23.9. The van der Waals surface area contributed by atoms with Crippen molar-refractivity contribution < 1.29 is 38.2 Å². The Morgan fingerprint density at radius 2 is 1.62 bits per heavy atom. The SMILES string of the molecule is CCCNC(=O)CCCC(=O)Nc1ccc(C2=NNC(c3ccccn3)=C3C(OC(=O)NCCNC(=O)c4ccc(-c5c6ccc(=[N+](C)C)cc-6oc6cc(N(C)C)ccc56)c(C(=O)O)c4)CCCCCC23)nc1. The van der Waals surface area contributed by atoms with Crippen LogP contribution in [-0.2, 0) is 14.3 Å². The number of ether oxygens (including phenoxy) is 1. The summed E-state index contributed by atoms with van der Waals surface area (Å²) in [6.45, 7) is 2.65. The molecule has 4 heterocycles. The molecule has 2 unspecified atom stereocenters. The number of nitrogens with one attached hydrogen (secondary N) is 5. The molecule has 0 saturated heterocycles. The summed E-state index contributed by atoms with van der Waals surface area (Å²) in [6.07, 6.45) is 7.52. The maximum absolute atomic E-state index is 13.7. The van der Waals surface area contributed by atoms with Crippen molar-refractivity contribution in [1.82, 2.24) is 35.9 Å². The average Bonchev–Trinajstić information content (AvgIpc) is 3.39. The minimum Gasteiger partial charge on any atom is -0.478 e. The van der Waals surface area contributed by atoms with Crippen LogP contribution >= 0.6 is 0 Å². The zero-order valence-corrected chi connectivity index (χ0v) is 42.4. The second-order valence-electron chi connectivity index (χ2n) is 18.8. The van der Waals surface area contributed by atoms with Crippen molar-refractivity contribution in [1.29, 1.82) is 0 Å². The van der Waals surface area contributed by atoms with Crippen molar-refractivity contribution >= 4 is 63.5 Å². The number of carboxylic acid groups (broad SMARTS) is 1. The first-order valence-electron chi connectivity index (χ1n) is 25.1. The topological polar surface area (TPSA) is 232 Å². The van der Waals surface area contributed by atoms with Crippen LogP contribution in [0.15, 0.2) is 112 Å². The van der Waals surface area contributed by atoms with E-state index in [1.165, 1.54) is 6.07 Å². The van der Waals surface area contributed by atoms with Gasteiger partial charge < -0.3 is 40.4 Å². The number of pyridine rings is 2. The van der Waals surface area contributed by atoms with Crippen LogP contribution in [0.5, 0.6) is 0 Å². The van der Waals surface area contributed by atoms with Crippen molar-refractivity contribution in [3.63, 3.8) is 0 Å². The lowest BCUT2D eigenvalue weighted by atomic mass is 9.78. The minimum absolute atomic E-state index is 0.0260. The summed E-state index contributed by atoms with van der Waals surface area (Å²) in [5.74, 6) is -1.71. The molecule has 0 bridgehead atoms. The van der Waals surface area contributed by atoms with Gasteiger partial charge in [-0.15, -0.1) is 0 Å². The highest BCUT2D eigenvalue weighted by atomic mass is 16.6. The number of carbonyl (C=O) groups is 5. The van der Waals surface area contributed by atoms with E-state index in [-0.39, 0.29) is 54.8 Å². The lowest BCUT2D eigenvalue weighted by Crippen LogP contribution is -2.40. The molecule has 2 aliphatic carbocycles. The third-order valence-corrected chi connectivity index (χ3v) is 13.1. The largest absolute Gasteiger partial charge is 0.478 e. The summed E-state index contributed by atoms with van der Waals surface area (Å²) in [4.78, 5) is 76.2. The van der Waals surface area contributed by atoms with Crippen molar-refractivity contribution in [3.8, 4) is 22.5 Å². The van der Waals surface area contributed by atoms with Gasteiger partial charge in [0, 0.05) is 104 Å². The number of alkyl carbamates (subject to hydrolysis) is 1. The van der Waals surface area contributed by atoms with Gasteiger partial charge in [0.15, 0.2) is 0 Å². The fraction of sp³-hybridized carbons (Fsp3) is 0.339. The number of benzene rings is 3. The number of rotatable bonds is 17. The summed E-state index contributed by atoms with van der Waals surface area (Å²) in [6, 6.07) is 25.3. The van der Waals surface area contributed by atoms with Crippen molar-refractivity contribution in [3.05, 3.63) is 131 Å². The molecule has 2 atom stereocenters. The molecule has 74 heavy (non-hydrogen) atoms. The highest BCUT2D eigenvalue weighted by Crippen LogP contribution is 2.43. The van der Waals surface area contributed by atoms with E-state index < -0.39 is 24.1 Å². The number of hydrogen-bond acceptors (Lipinski definition) is 12. The van der Waals surface area contributed by atoms with E-state index in [1.807, 2.05) is 99.2 Å². The van der Waals surface area contributed by atoms with Crippen molar-refractivity contribution in [2.75, 3.05) is 58.0 Å². The number of carbonyl (C=O) groups excluding carboxylic acids is 4. The lowest BCUT2D eigenvalue weighted by Gasteiger charge is -2.35. The van der Waals surface area contributed by atoms with Crippen LogP contribution in [0.4, 0.5) is 16.2 Å². The quantitative estimate of drug-likeness (QED) is 0.0302. The number of carboxylic acids is 1. The van der Waals surface area contributed by atoms with Gasteiger partial charge in [0.05, 0.1) is 46.3 Å². The van der Waals surface area contributed by atoms with E-state index in [1.54, 1.807) is 36.7 Å². The van der Waals surface area contributed by atoms with Gasteiger partial charge in [-0.3, -0.25) is 29.8 Å². The molecule has 2 aliphatic heterocycles. The number of aromatic nitrogens is 2. The third kappa shape index (κ3) is 12.3. The molecule has 384 valence electrons. The van der Waals surface area contributed by atoms with E-state index in [4.69, 9.17) is 19.2 Å². The molecule has 4 amide bonds. The molecule has 18 nitrogen and oxygen atoms in total. The molecule has 18 heteroatoms. The van der Waals surface area contributed by atoms with Gasteiger partial charge in [0.2, 0.25) is 17.2 Å². The van der Waals surface area contributed by atoms with Crippen LogP contribution < -0.4 is 41.5 Å². The van der Waals surface area contributed by atoms with Gasteiger partial charge in [-0.25, -0.2) is 14.2 Å². The van der Waals surface area contributed by atoms with Crippen molar-refractivity contribution in [2.45, 2.75) is 70.8 Å². The highest BCUT2D eigenvalue weighted by Gasteiger charge is 2.37. The Morgan fingerprint density at radius 3 is 2.36 bits per heavy atom. The molecule has 6 N–H and O–H groups in total. The molecule has 0 spiro atoms. The molecular formula is C56H63N10O8+. The Morgan fingerprint density at radius 1 is 0.824 bits per heavy atom. The van der Waals surface area contributed by atoms with Crippen molar-refractivity contribution in [2.24, 2.45) is 11.0 Å². The first-order chi connectivity index (χ1) is 35.8.